The fraction of sp³-hybridized carbons (Fsp3) is 0.800. The Labute approximate surface area is 109 Å². The standard InChI is InChI=1S/C15H24N2O/c1-10(16)14-4-2-3-7-17(14)15(18)13-9-11-5-6-12(13)8-11/h5-6,10-14H,2-4,7-9,16H2,1H3. The van der Waals surface area contributed by atoms with E-state index in [4.69, 9.17) is 5.73 Å². The minimum absolute atomic E-state index is 0.100. The van der Waals surface area contributed by atoms with E-state index < -0.39 is 0 Å². The summed E-state index contributed by atoms with van der Waals surface area (Å²) >= 11 is 0. The zero-order valence-corrected chi connectivity index (χ0v) is 11.2. The van der Waals surface area contributed by atoms with Crippen LogP contribution in [0.1, 0.15) is 39.0 Å². The highest BCUT2D eigenvalue weighted by Crippen LogP contribution is 2.44. The van der Waals surface area contributed by atoms with Crippen LogP contribution >= 0.6 is 0 Å². The van der Waals surface area contributed by atoms with E-state index >= 15 is 0 Å². The third kappa shape index (κ3) is 1.99. The molecule has 3 heteroatoms. The zero-order valence-electron chi connectivity index (χ0n) is 11.2. The summed E-state index contributed by atoms with van der Waals surface area (Å²) in [4.78, 5) is 14.8. The summed E-state index contributed by atoms with van der Waals surface area (Å²) in [6.07, 6.45) is 10.3. The summed E-state index contributed by atoms with van der Waals surface area (Å²) in [6.45, 7) is 2.96. The van der Waals surface area contributed by atoms with Gasteiger partial charge in [0, 0.05) is 24.5 Å². The van der Waals surface area contributed by atoms with E-state index in [1.54, 1.807) is 0 Å². The molecule has 1 saturated carbocycles. The highest BCUT2D eigenvalue weighted by atomic mass is 16.2. The Kier molecular flexibility index (Phi) is 3.18. The number of carbonyl (C=O) groups is 1. The largest absolute Gasteiger partial charge is 0.338 e. The second-order valence-electron chi connectivity index (χ2n) is 6.34. The molecule has 0 spiro atoms. The van der Waals surface area contributed by atoms with Crippen molar-refractivity contribution in [2.75, 3.05) is 6.54 Å². The van der Waals surface area contributed by atoms with Gasteiger partial charge in [-0.2, -0.15) is 0 Å². The average molecular weight is 248 g/mol. The molecule has 0 aromatic rings. The number of hydrogen-bond donors (Lipinski definition) is 1. The highest BCUT2D eigenvalue weighted by molar-refractivity contribution is 5.80. The topological polar surface area (TPSA) is 46.3 Å². The van der Waals surface area contributed by atoms with Gasteiger partial charge in [-0.15, -0.1) is 0 Å². The van der Waals surface area contributed by atoms with Gasteiger partial charge in [0.25, 0.3) is 0 Å². The molecule has 5 unspecified atom stereocenters. The molecule has 0 aromatic carbocycles. The van der Waals surface area contributed by atoms with Gasteiger partial charge in [0.2, 0.25) is 5.91 Å². The van der Waals surface area contributed by atoms with Crippen molar-refractivity contribution in [3.05, 3.63) is 12.2 Å². The number of hydrogen-bond acceptors (Lipinski definition) is 2. The molecule has 0 radical (unpaired) electrons. The van der Waals surface area contributed by atoms with Gasteiger partial charge in [-0.05, 0) is 50.9 Å². The predicted molar refractivity (Wildman–Crippen MR) is 71.8 cm³/mol. The van der Waals surface area contributed by atoms with Gasteiger partial charge < -0.3 is 10.6 Å². The molecular formula is C15H24N2O. The van der Waals surface area contributed by atoms with Gasteiger partial charge in [0.1, 0.15) is 0 Å². The quantitative estimate of drug-likeness (QED) is 0.759. The van der Waals surface area contributed by atoms with Gasteiger partial charge in [0.15, 0.2) is 0 Å². The molecule has 3 nitrogen and oxygen atoms in total. The van der Waals surface area contributed by atoms with Crippen molar-refractivity contribution in [3.8, 4) is 0 Å². The van der Waals surface area contributed by atoms with Crippen molar-refractivity contribution in [1.82, 2.24) is 4.90 Å². The van der Waals surface area contributed by atoms with E-state index in [1.165, 1.54) is 12.8 Å². The number of nitrogens with zero attached hydrogens (tertiary/aromatic N) is 1. The maximum atomic E-state index is 12.7. The molecule has 100 valence electrons. The van der Waals surface area contributed by atoms with E-state index in [0.717, 1.165) is 25.8 Å². The predicted octanol–water partition coefficient (Wildman–Crippen LogP) is 1.93. The summed E-state index contributed by atoms with van der Waals surface area (Å²) in [6, 6.07) is 0.373. The monoisotopic (exact) mass is 248 g/mol. The molecule has 1 heterocycles. The number of likely N-dealkylation sites (tertiary alicyclic amines) is 1. The Morgan fingerprint density at radius 1 is 1.33 bits per heavy atom. The Bertz CT molecular complexity index is 364. The number of carbonyl (C=O) groups excluding carboxylic acids is 1. The van der Waals surface area contributed by atoms with Crippen molar-refractivity contribution < 1.29 is 4.79 Å². The molecule has 2 fully saturated rings. The fourth-order valence-electron chi connectivity index (χ4n) is 4.06. The molecule has 2 bridgehead atoms. The Balaban J connectivity index is 1.72. The first-order valence-corrected chi connectivity index (χ1v) is 7.41. The second kappa shape index (κ2) is 4.69. The number of rotatable bonds is 2. The lowest BCUT2D eigenvalue weighted by Gasteiger charge is -2.40. The Morgan fingerprint density at radius 3 is 2.78 bits per heavy atom. The van der Waals surface area contributed by atoms with Crippen molar-refractivity contribution in [2.45, 2.75) is 51.1 Å². The lowest BCUT2D eigenvalue weighted by atomic mass is 9.89. The highest BCUT2D eigenvalue weighted by Gasteiger charge is 2.43. The molecule has 0 aromatic heterocycles. The smallest absolute Gasteiger partial charge is 0.226 e. The molecule has 1 amide bonds. The van der Waals surface area contributed by atoms with Gasteiger partial charge in [0.05, 0.1) is 0 Å². The van der Waals surface area contributed by atoms with Crippen molar-refractivity contribution >= 4 is 5.91 Å². The van der Waals surface area contributed by atoms with Crippen molar-refractivity contribution in [1.29, 1.82) is 0 Å². The summed E-state index contributed by atoms with van der Waals surface area (Å²) < 4.78 is 0. The van der Waals surface area contributed by atoms with Gasteiger partial charge >= 0.3 is 0 Å². The lowest BCUT2D eigenvalue weighted by molar-refractivity contribution is -0.140. The van der Waals surface area contributed by atoms with E-state index in [0.29, 0.717) is 17.7 Å². The van der Waals surface area contributed by atoms with Crippen LogP contribution in [-0.4, -0.2) is 29.4 Å². The molecular weight excluding hydrogens is 224 g/mol. The molecule has 18 heavy (non-hydrogen) atoms. The molecule has 2 N–H and O–H groups in total. The van der Waals surface area contributed by atoms with Crippen LogP contribution in [0.2, 0.25) is 0 Å². The molecule has 1 saturated heterocycles. The minimum atomic E-state index is 0.100. The normalized spacial score (nSPS) is 40.2. The molecule has 2 aliphatic carbocycles. The van der Waals surface area contributed by atoms with Crippen LogP contribution in [0.25, 0.3) is 0 Å². The Morgan fingerprint density at radius 2 is 2.17 bits per heavy atom. The van der Waals surface area contributed by atoms with Crippen LogP contribution in [0.15, 0.2) is 12.2 Å². The first kappa shape index (κ1) is 12.2. The van der Waals surface area contributed by atoms with Gasteiger partial charge in [-0.25, -0.2) is 0 Å². The first-order chi connectivity index (χ1) is 8.66. The fourth-order valence-corrected chi connectivity index (χ4v) is 4.06. The third-order valence-electron chi connectivity index (χ3n) is 5.04. The first-order valence-electron chi connectivity index (χ1n) is 7.41. The zero-order chi connectivity index (χ0) is 12.7. The summed E-state index contributed by atoms with van der Waals surface area (Å²) in [5, 5.41) is 0. The summed E-state index contributed by atoms with van der Waals surface area (Å²) in [5.74, 6) is 1.81. The van der Waals surface area contributed by atoms with E-state index in [2.05, 4.69) is 17.1 Å². The molecule has 3 aliphatic rings. The summed E-state index contributed by atoms with van der Waals surface area (Å²) in [5.41, 5.74) is 6.06. The minimum Gasteiger partial charge on any atom is -0.338 e. The average Bonchev–Trinajstić information content (AvgIpc) is 3.00. The Hall–Kier alpha value is -0.830. The molecule has 1 aliphatic heterocycles. The van der Waals surface area contributed by atoms with Crippen LogP contribution in [0.5, 0.6) is 0 Å². The number of piperidine rings is 1. The van der Waals surface area contributed by atoms with E-state index in [9.17, 15) is 4.79 Å². The van der Waals surface area contributed by atoms with Crippen LogP contribution < -0.4 is 5.73 Å². The maximum Gasteiger partial charge on any atom is 0.226 e. The molecule has 5 atom stereocenters. The second-order valence-corrected chi connectivity index (χ2v) is 6.34. The maximum absolute atomic E-state index is 12.7. The number of nitrogens with two attached hydrogens (primary N) is 1. The number of allylic oxidation sites excluding steroid dienone is 2. The number of amides is 1. The van der Waals surface area contributed by atoms with Gasteiger partial charge in [-0.1, -0.05) is 12.2 Å². The van der Waals surface area contributed by atoms with Crippen LogP contribution in [0.3, 0.4) is 0 Å². The third-order valence-corrected chi connectivity index (χ3v) is 5.04. The SMILES string of the molecule is CC(N)C1CCCCN1C(=O)C1CC2C=CC1C2. The van der Waals surface area contributed by atoms with Crippen molar-refractivity contribution in [3.63, 3.8) is 0 Å². The van der Waals surface area contributed by atoms with Crippen LogP contribution in [0, 0.1) is 17.8 Å². The van der Waals surface area contributed by atoms with Crippen LogP contribution in [0.4, 0.5) is 0 Å². The number of fused-ring (bicyclic) bond motifs is 2. The van der Waals surface area contributed by atoms with Gasteiger partial charge in [-0.3, -0.25) is 4.79 Å². The summed E-state index contributed by atoms with van der Waals surface area (Å²) in [7, 11) is 0. The van der Waals surface area contributed by atoms with Crippen LogP contribution in [-0.2, 0) is 4.79 Å². The molecule has 3 rings (SSSR count). The van der Waals surface area contributed by atoms with E-state index in [1.807, 2.05) is 6.92 Å². The lowest BCUT2D eigenvalue weighted by Crippen LogP contribution is -2.53. The van der Waals surface area contributed by atoms with E-state index in [-0.39, 0.29) is 18.0 Å². The van der Waals surface area contributed by atoms with Crippen molar-refractivity contribution in [2.24, 2.45) is 23.5 Å².